The molecule has 0 spiro atoms. The summed E-state index contributed by atoms with van der Waals surface area (Å²) in [4.78, 5) is 0. The predicted molar refractivity (Wildman–Crippen MR) is 49.3 cm³/mol. The lowest BCUT2D eigenvalue weighted by Crippen LogP contribution is -2.76. The van der Waals surface area contributed by atoms with Crippen LogP contribution in [0.2, 0.25) is 0 Å². The van der Waals surface area contributed by atoms with Gasteiger partial charge in [-0.3, -0.25) is 21.3 Å². The standard InChI is InChI=1S/C7H16F3N5/c1-3(2)12-6-14-4(7(8,9)10)13-5(11)15-6/h3-6,12-15H,11H2,1-2H3. The van der Waals surface area contributed by atoms with E-state index < -0.39 is 24.9 Å². The molecule has 3 unspecified atom stereocenters. The average Bonchev–Trinajstić information content (AvgIpc) is 1.99. The number of nitrogens with two attached hydrogens (primary N) is 1. The number of nitrogens with one attached hydrogen (secondary N) is 4. The Morgan fingerprint density at radius 2 is 1.80 bits per heavy atom. The van der Waals surface area contributed by atoms with E-state index in [1.54, 1.807) is 0 Å². The number of halogens is 3. The highest BCUT2D eigenvalue weighted by Gasteiger charge is 2.43. The Morgan fingerprint density at radius 1 is 1.20 bits per heavy atom. The van der Waals surface area contributed by atoms with Gasteiger partial charge in [-0.2, -0.15) is 13.2 Å². The molecule has 90 valence electrons. The van der Waals surface area contributed by atoms with Gasteiger partial charge in [-0.05, 0) is 13.8 Å². The monoisotopic (exact) mass is 227 g/mol. The summed E-state index contributed by atoms with van der Waals surface area (Å²) in [7, 11) is 0. The lowest BCUT2D eigenvalue weighted by molar-refractivity contribution is -0.175. The summed E-state index contributed by atoms with van der Waals surface area (Å²) in [6, 6.07) is 0.0502. The molecule has 0 aromatic rings. The van der Waals surface area contributed by atoms with E-state index in [1.165, 1.54) is 0 Å². The molecule has 8 heteroatoms. The van der Waals surface area contributed by atoms with E-state index >= 15 is 0 Å². The molecule has 1 aliphatic heterocycles. The number of alkyl halides is 3. The third-order valence-electron chi connectivity index (χ3n) is 1.85. The second-order valence-electron chi connectivity index (χ2n) is 3.71. The molecule has 3 atom stereocenters. The van der Waals surface area contributed by atoms with E-state index in [0.717, 1.165) is 0 Å². The molecule has 5 nitrogen and oxygen atoms in total. The molecule has 1 rings (SSSR count). The van der Waals surface area contributed by atoms with Crippen molar-refractivity contribution in [3.8, 4) is 0 Å². The minimum absolute atomic E-state index is 0.0502. The van der Waals surface area contributed by atoms with Gasteiger partial charge in [-0.25, -0.2) is 0 Å². The van der Waals surface area contributed by atoms with Gasteiger partial charge in [0.25, 0.3) is 0 Å². The van der Waals surface area contributed by atoms with E-state index in [4.69, 9.17) is 5.73 Å². The Balaban J connectivity index is 2.56. The molecule has 0 radical (unpaired) electrons. The molecule has 15 heavy (non-hydrogen) atoms. The molecule has 0 aliphatic carbocycles. The normalized spacial score (nSPS) is 33.4. The summed E-state index contributed by atoms with van der Waals surface area (Å²) < 4.78 is 37.2. The Bertz CT molecular complexity index is 205. The second kappa shape index (κ2) is 4.62. The van der Waals surface area contributed by atoms with Gasteiger partial charge in [0.1, 0.15) is 12.6 Å². The number of hydrogen-bond donors (Lipinski definition) is 5. The van der Waals surface area contributed by atoms with Crippen LogP contribution in [0.25, 0.3) is 0 Å². The molecular weight excluding hydrogens is 211 g/mol. The van der Waals surface area contributed by atoms with Crippen LogP contribution in [-0.2, 0) is 0 Å². The maximum atomic E-state index is 12.4. The zero-order valence-corrected chi connectivity index (χ0v) is 8.52. The molecule has 0 amide bonds. The van der Waals surface area contributed by atoms with Crippen molar-refractivity contribution in [3.05, 3.63) is 0 Å². The number of hydrogen-bond acceptors (Lipinski definition) is 5. The first-order chi connectivity index (χ1) is 6.79. The predicted octanol–water partition coefficient (Wildman–Crippen LogP) is -0.819. The third-order valence-corrected chi connectivity index (χ3v) is 1.85. The fraction of sp³-hybridized carbons (Fsp3) is 1.00. The molecule has 6 N–H and O–H groups in total. The van der Waals surface area contributed by atoms with Gasteiger partial charge in [0.05, 0.1) is 0 Å². The highest BCUT2D eigenvalue weighted by Crippen LogP contribution is 2.19. The van der Waals surface area contributed by atoms with E-state index in [1.807, 2.05) is 13.8 Å². The molecule has 1 aliphatic rings. The summed E-state index contributed by atoms with van der Waals surface area (Å²) in [5.41, 5.74) is 5.39. The van der Waals surface area contributed by atoms with Crippen molar-refractivity contribution in [2.45, 2.75) is 44.8 Å². The van der Waals surface area contributed by atoms with Crippen molar-refractivity contribution < 1.29 is 13.2 Å². The van der Waals surface area contributed by atoms with Crippen molar-refractivity contribution >= 4 is 0 Å². The summed E-state index contributed by atoms with van der Waals surface area (Å²) in [5, 5.41) is 10.0. The van der Waals surface area contributed by atoms with Gasteiger partial charge in [-0.15, -0.1) is 0 Å². The van der Waals surface area contributed by atoms with Crippen LogP contribution in [0, 0.1) is 0 Å². The van der Waals surface area contributed by atoms with Gasteiger partial charge >= 0.3 is 6.18 Å². The summed E-state index contributed by atoms with van der Waals surface area (Å²) >= 11 is 0. The Labute approximate surface area is 86.0 Å². The van der Waals surface area contributed by atoms with Crippen LogP contribution in [-0.4, -0.2) is 31.0 Å². The first-order valence-electron chi connectivity index (χ1n) is 4.65. The zero-order chi connectivity index (χ0) is 11.6. The molecule has 1 heterocycles. The average molecular weight is 227 g/mol. The Morgan fingerprint density at radius 3 is 2.27 bits per heavy atom. The first kappa shape index (κ1) is 12.7. The molecular formula is C7H16F3N5. The lowest BCUT2D eigenvalue weighted by Gasteiger charge is -2.38. The SMILES string of the molecule is CC(C)NC1NC(N)NC(C(F)(F)F)N1. The molecule has 1 saturated heterocycles. The quantitative estimate of drug-likeness (QED) is 0.426. The van der Waals surface area contributed by atoms with Crippen molar-refractivity contribution in [2.75, 3.05) is 0 Å². The van der Waals surface area contributed by atoms with Crippen LogP contribution in [0.1, 0.15) is 13.8 Å². The largest absolute Gasteiger partial charge is 0.417 e. The molecule has 0 bridgehead atoms. The van der Waals surface area contributed by atoms with E-state index in [9.17, 15) is 13.2 Å². The van der Waals surface area contributed by atoms with E-state index in [-0.39, 0.29) is 6.04 Å². The van der Waals surface area contributed by atoms with Gasteiger partial charge in [-0.1, -0.05) is 0 Å². The topological polar surface area (TPSA) is 74.1 Å². The van der Waals surface area contributed by atoms with Crippen LogP contribution < -0.4 is 27.0 Å². The van der Waals surface area contributed by atoms with Gasteiger partial charge in [0, 0.05) is 6.04 Å². The van der Waals surface area contributed by atoms with Crippen molar-refractivity contribution in [1.29, 1.82) is 0 Å². The fourth-order valence-corrected chi connectivity index (χ4v) is 1.29. The lowest BCUT2D eigenvalue weighted by atomic mass is 10.3. The van der Waals surface area contributed by atoms with E-state index in [2.05, 4.69) is 21.3 Å². The minimum Gasteiger partial charge on any atom is -0.303 e. The molecule has 0 aromatic carbocycles. The van der Waals surface area contributed by atoms with Crippen LogP contribution >= 0.6 is 0 Å². The molecule has 1 fully saturated rings. The fourth-order valence-electron chi connectivity index (χ4n) is 1.29. The smallest absolute Gasteiger partial charge is 0.303 e. The zero-order valence-electron chi connectivity index (χ0n) is 8.52. The number of rotatable bonds is 2. The van der Waals surface area contributed by atoms with Gasteiger partial charge in [0.15, 0.2) is 6.17 Å². The van der Waals surface area contributed by atoms with Crippen molar-refractivity contribution in [2.24, 2.45) is 5.73 Å². The summed E-state index contributed by atoms with van der Waals surface area (Å²) in [6.07, 6.45) is -7.72. The summed E-state index contributed by atoms with van der Waals surface area (Å²) in [5.74, 6) is 0. The minimum atomic E-state index is -4.36. The Kier molecular flexibility index (Phi) is 3.90. The maximum Gasteiger partial charge on any atom is 0.417 e. The van der Waals surface area contributed by atoms with Crippen LogP contribution in [0.3, 0.4) is 0 Å². The van der Waals surface area contributed by atoms with Gasteiger partial charge in [0.2, 0.25) is 0 Å². The third kappa shape index (κ3) is 3.92. The maximum absolute atomic E-state index is 12.4. The van der Waals surface area contributed by atoms with Crippen molar-refractivity contribution in [1.82, 2.24) is 21.3 Å². The second-order valence-corrected chi connectivity index (χ2v) is 3.71. The van der Waals surface area contributed by atoms with Crippen LogP contribution in [0.15, 0.2) is 0 Å². The highest BCUT2D eigenvalue weighted by atomic mass is 19.4. The van der Waals surface area contributed by atoms with Crippen LogP contribution in [0.5, 0.6) is 0 Å². The van der Waals surface area contributed by atoms with E-state index in [0.29, 0.717) is 0 Å². The molecule has 0 aromatic heterocycles. The Hall–Kier alpha value is -0.410. The first-order valence-corrected chi connectivity index (χ1v) is 4.65. The molecule has 0 saturated carbocycles. The highest BCUT2D eigenvalue weighted by molar-refractivity contribution is 4.84. The van der Waals surface area contributed by atoms with Gasteiger partial charge < -0.3 is 5.73 Å². The summed E-state index contributed by atoms with van der Waals surface area (Å²) in [6.45, 7) is 3.67. The van der Waals surface area contributed by atoms with Crippen molar-refractivity contribution in [3.63, 3.8) is 0 Å². The van der Waals surface area contributed by atoms with Crippen LogP contribution in [0.4, 0.5) is 13.2 Å².